The van der Waals surface area contributed by atoms with Crippen molar-refractivity contribution in [3.8, 4) is 0 Å². The van der Waals surface area contributed by atoms with Crippen LogP contribution in [0.2, 0.25) is 0 Å². The number of nitrogens with zero attached hydrogens (tertiary/aromatic N) is 2. The maximum atomic E-state index is 11.8. The molecular formula is C17H16N4O2. The molecule has 23 heavy (non-hydrogen) atoms. The summed E-state index contributed by atoms with van der Waals surface area (Å²) in [6.07, 6.45) is 1.35. The molecule has 0 aliphatic heterocycles. The number of amides is 2. The average Bonchev–Trinajstić information content (AvgIpc) is 2.61. The van der Waals surface area contributed by atoms with Crippen molar-refractivity contribution in [1.29, 1.82) is 0 Å². The van der Waals surface area contributed by atoms with Gasteiger partial charge in [-0.25, -0.2) is 10.9 Å². The van der Waals surface area contributed by atoms with Crippen molar-refractivity contribution < 1.29 is 9.59 Å². The lowest BCUT2D eigenvalue weighted by molar-refractivity contribution is 0.0946. The molecule has 0 atom stereocenters. The Bertz CT molecular complexity index is 725. The van der Waals surface area contributed by atoms with E-state index in [0.29, 0.717) is 16.8 Å². The Labute approximate surface area is 133 Å². The summed E-state index contributed by atoms with van der Waals surface area (Å²) in [5.74, 6) is -0.630. The first kappa shape index (κ1) is 16.1. The van der Waals surface area contributed by atoms with Crippen LogP contribution in [0.3, 0.4) is 0 Å². The van der Waals surface area contributed by atoms with Gasteiger partial charge in [-0.05, 0) is 31.2 Å². The molecule has 0 aliphatic rings. The third-order valence-electron chi connectivity index (χ3n) is 2.82. The molecular weight excluding hydrogens is 292 g/mol. The molecule has 0 saturated heterocycles. The van der Waals surface area contributed by atoms with Gasteiger partial charge in [0, 0.05) is 11.1 Å². The minimum Gasteiger partial charge on any atom is -0.267 e. The van der Waals surface area contributed by atoms with Crippen LogP contribution in [0.5, 0.6) is 0 Å². The summed E-state index contributed by atoms with van der Waals surface area (Å²) in [5.41, 5.74) is 6.27. The summed E-state index contributed by atoms with van der Waals surface area (Å²) in [6, 6.07) is 17.5. The number of hydrazone groups is 2. The maximum Gasteiger partial charge on any atom is 0.271 e. The zero-order valence-electron chi connectivity index (χ0n) is 12.6. The Morgan fingerprint density at radius 1 is 0.826 bits per heavy atom. The van der Waals surface area contributed by atoms with Crippen molar-refractivity contribution in [2.45, 2.75) is 6.92 Å². The number of hydrogen-bond donors (Lipinski definition) is 2. The first-order chi connectivity index (χ1) is 11.2. The predicted octanol–water partition coefficient (Wildman–Crippen LogP) is 2.21. The summed E-state index contributed by atoms with van der Waals surface area (Å²) in [6.45, 7) is 1.66. The minimum absolute atomic E-state index is 0.313. The first-order valence-electron chi connectivity index (χ1n) is 6.95. The van der Waals surface area contributed by atoms with Crippen LogP contribution < -0.4 is 10.9 Å². The molecule has 0 spiro atoms. The van der Waals surface area contributed by atoms with Crippen molar-refractivity contribution in [3.05, 3.63) is 71.8 Å². The molecule has 2 aromatic carbocycles. The van der Waals surface area contributed by atoms with E-state index in [9.17, 15) is 9.59 Å². The van der Waals surface area contributed by atoms with Gasteiger partial charge in [-0.2, -0.15) is 10.2 Å². The van der Waals surface area contributed by atoms with Gasteiger partial charge in [-0.15, -0.1) is 0 Å². The van der Waals surface area contributed by atoms with Gasteiger partial charge in [0.25, 0.3) is 11.8 Å². The summed E-state index contributed by atoms with van der Waals surface area (Å²) >= 11 is 0. The van der Waals surface area contributed by atoms with E-state index in [1.54, 1.807) is 55.5 Å². The molecule has 0 aliphatic carbocycles. The number of nitrogens with one attached hydrogen (secondary N) is 2. The van der Waals surface area contributed by atoms with E-state index in [-0.39, 0.29) is 11.8 Å². The van der Waals surface area contributed by atoms with Crippen molar-refractivity contribution >= 4 is 23.7 Å². The van der Waals surface area contributed by atoms with Crippen LogP contribution in [-0.4, -0.2) is 23.7 Å². The quantitative estimate of drug-likeness (QED) is 0.655. The van der Waals surface area contributed by atoms with Gasteiger partial charge in [0.15, 0.2) is 0 Å². The van der Waals surface area contributed by atoms with E-state index in [4.69, 9.17) is 0 Å². The van der Waals surface area contributed by atoms with Gasteiger partial charge in [-0.1, -0.05) is 36.4 Å². The summed E-state index contributed by atoms with van der Waals surface area (Å²) in [5, 5.41) is 7.68. The monoisotopic (exact) mass is 308 g/mol. The molecule has 0 aromatic heterocycles. The van der Waals surface area contributed by atoms with Crippen LogP contribution in [0.4, 0.5) is 0 Å². The summed E-state index contributed by atoms with van der Waals surface area (Å²) < 4.78 is 0. The molecule has 6 heteroatoms. The molecule has 0 fully saturated rings. The van der Waals surface area contributed by atoms with Crippen LogP contribution in [0, 0.1) is 0 Å². The topological polar surface area (TPSA) is 82.9 Å². The molecule has 0 saturated carbocycles. The lowest BCUT2D eigenvalue weighted by Gasteiger charge is -2.00. The van der Waals surface area contributed by atoms with Gasteiger partial charge in [-0.3, -0.25) is 9.59 Å². The zero-order valence-corrected chi connectivity index (χ0v) is 12.6. The van der Waals surface area contributed by atoms with E-state index >= 15 is 0 Å². The van der Waals surface area contributed by atoms with E-state index in [1.165, 1.54) is 6.21 Å². The van der Waals surface area contributed by atoms with Gasteiger partial charge in [0.2, 0.25) is 0 Å². The Morgan fingerprint density at radius 2 is 1.30 bits per heavy atom. The second kappa shape index (κ2) is 8.23. The van der Waals surface area contributed by atoms with Crippen LogP contribution in [0.15, 0.2) is 70.9 Å². The third-order valence-corrected chi connectivity index (χ3v) is 2.82. The SMILES string of the molecule is CC(/C=N/NC(=O)c1ccccc1)=N/NC(=O)c1ccccc1. The highest BCUT2D eigenvalue weighted by atomic mass is 16.2. The molecule has 0 radical (unpaired) electrons. The number of carbonyl (C=O) groups excluding carboxylic acids is 2. The Kier molecular flexibility index (Phi) is 5.76. The highest BCUT2D eigenvalue weighted by Crippen LogP contribution is 1.98. The third kappa shape index (κ3) is 5.20. The zero-order chi connectivity index (χ0) is 16.5. The lowest BCUT2D eigenvalue weighted by atomic mass is 10.2. The average molecular weight is 308 g/mol. The second-order valence-corrected chi connectivity index (χ2v) is 4.63. The van der Waals surface area contributed by atoms with Crippen molar-refractivity contribution in [2.24, 2.45) is 10.2 Å². The lowest BCUT2D eigenvalue weighted by Crippen LogP contribution is -2.21. The van der Waals surface area contributed by atoms with Gasteiger partial charge in [0.05, 0.1) is 11.9 Å². The van der Waals surface area contributed by atoms with E-state index in [2.05, 4.69) is 21.1 Å². The van der Waals surface area contributed by atoms with Crippen LogP contribution in [0.25, 0.3) is 0 Å². The molecule has 2 amide bonds. The number of hydrogen-bond acceptors (Lipinski definition) is 4. The molecule has 2 N–H and O–H groups in total. The van der Waals surface area contributed by atoms with Crippen molar-refractivity contribution in [2.75, 3.05) is 0 Å². The Balaban J connectivity index is 1.85. The van der Waals surface area contributed by atoms with E-state index < -0.39 is 0 Å². The van der Waals surface area contributed by atoms with Crippen molar-refractivity contribution in [3.63, 3.8) is 0 Å². The molecule has 0 bridgehead atoms. The largest absolute Gasteiger partial charge is 0.271 e. The van der Waals surface area contributed by atoms with Crippen molar-refractivity contribution in [1.82, 2.24) is 10.9 Å². The normalized spacial score (nSPS) is 11.3. The molecule has 2 rings (SSSR count). The summed E-state index contributed by atoms with van der Waals surface area (Å²) in [7, 11) is 0. The highest BCUT2D eigenvalue weighted by Gasteiger charge is 2.03. The fraction of sp³-hybridized carbons (Fsp3) is 0.0588. The smallest absolute Gasteiger partial charge is 0.267 e. The number of carbonyl (C=O) groups is 2. The van der Waals surface area contributed by atoms with Crippen LogP contribution >= 0.6 is 0 Å². The molecule has 0 unspecified atom stereocenters. The molecule has 116 valence electrons. The fourth-order valence-electron chi connectivity index (χ4n) is 1.66. The van der Waals surface area contributed by atoms with E-state index in [1.807, 2.05) is 12.1 Å². The Hall–Kier alpha value is -3.28. The predicted molar refractivity (Wildman–Crippen MR) is 89.4 cm³/mol. The van der Waals surface area contributed by atoms with Crippen LogP contribution in [0.1, 0.15) is 27.6 Å². The van der Waals surface area contributed by atoms with Gasteiger partial charge >= 0.3 is 0 Å². The standard InChI is InChI=1S/C17H16N4O2/c1-13(19-21-17(23)15-10-6-3-7-11-15)12-18-20-16(22)14-8-4-2-5-9-14/h2-12H,1H3,(H,20,22)(H,21,23)/b18-12+,19-13-. The molecule has 2 aromatic rings. The number of benzene rings is 2. The van der Waals surface area contributed by atoms with Gasteiger partial charge in [0.1, 0.15) is 0 Å². The second-order valence-electron chi connectivity index (χ2n) is 4.63. The summed E-state index contributed by atoms with van der Waals surface area (Å²) in [4.78, 5) is 23.5. The van der Waals surface area contributed by atoms with Crippen LogP contribution in [-0.2, 0) is 0 Å². The highest BCUT2D eigenvalue weighted by molar-refractivity contribution is 6.29. The minimum atomic E-state index is -0.317. The Morgan fingerprint density at radius 3 is 1.83 bits per heavy atom. The first-order valence-corrected chi connectivity index (χ1v) is 6.95. The van der Waals surface area contributed by atoms with Gasteiger partial charge < -0.3 is 0 Å². The van der Waals surface area contributed by atoms with E-state index in [0.717, 1.165) is 0 Å². The maximum absolute atomic E-state index is 11.8. The number of rotatable bonds is 5. The molecule has 6 nitrogen and oxygen atoms in total. The fourth-order valence-corrected chi connectivity index (χ4v) is 1.66. The molecule has 0 heterocycles.